The van der Waals surface area contributed by atoms with Crippen LogP contribution in [0.1, 0.15) is 237 Å². The molecule has 0 heterocycles. The van der Waals surface area contributed by atoms with Crippen LogP contribution in [0.15, 0.2) is 36.4 Å². The third-order valence-corrected chi connectivity index (χ3v) is 16.8. The lowest BCUT2D eigenvalue weighted by atomic mass is 9.75. The fraction of sp³-hybridized carbons (Fsp3) is 0.621. The Balaban J connectivity index is 2.36. The van der Waals surface area contributed by atoms with E-state index in [1.54, 1.807) is 0 Å². The normalized spacial score (nSPS) is 16.8. The summed E-state index contributed by atoms with van der Waals surface area (Å²) in [7, 11) is 3.15. The van der Waals surface area contributed by atoms with Crippen molar-refractivity contribution in [1.29, 1.82) is 0 Å². The molecule has 1 nitrogen and oxygen atoms in total. The molecule has 0 amide bonds. The second-order valence-electron chi connectivity index (χ2n) is 27.7. The summed E-state index contributed by atoms with van der Waals surface area (Å²) in [5.41, 5.74) is 11.6. The Morgan fingerprint density at radius 2 is 0.419 bits per heavy atom. The molecule has 4 heteroatoms. The number of ketones is 1. The van der Waals surface area contributed by atoms with E-state index < -0.39 is 0 Å². The highest BCUT2D eigenvalue weighted by atomic mass is 31.1. The average Bonchev–Trinajstić information content (AvgIpc) is 3.04. The predicted molar refractivity (Wildman–Crippen MR) is 287 cm³/mol. The van der Waals surface area contributed by atoms with E-state index in [2.05, 4.69) is 223 Å². The first-order valence-electron chi connectivity index (χ1n) is 23.3. The number of carbonyl (C=O) groups excluding carboxylic acids is 1. The maximum atomic E-state index is 15.5. The molecule has 0 unspecified atom stereocenters. The molecule has 0 N–H and O–H groups in total. The number of benzene rings is 3. The Morgan fingerprint density at radius 3 is 0.565 bits per heavy atom. The van der Waals surface area contributed by atoms with Gasteiger partial charge in [0.1, 0.15) is 0 Å². The molecule has 0 bridgehead atoms. The average molecular weight is 893 g/mol. The van der Waals surface area contributed by atoms with Gasteiger partial charge in [-0.3, -0.25) is 4.79 Å². The zero-order valence-corrected chi connectivity index (χ0v) is 47.4. The maximum Gasteiger partial charge on any atom is 0.204 e. The van der Waals surface area contributed by atoms with E-state index in [9.17, 15) is 0 Å². The van der Waals surface area contributed by atoms with Gasteiger partial charge in [-0.05, 0) is 98.8 Å². The molecule has 0 atom stereocenters. The lowest BCUT2D eigenvalue weighted by molar-refractivity contribution is -0.107. The van der Waals surface area contributed by atoms with Crippen molar-refractivity contribution in [1.82, 2.24) is 0 Å². The van der Waals surface area contributed by atoms with E-state index in [1.807, 2.05) is 0 Å². The first kappa shape index (κ1) is 52.5. The van der Waals surface area contributed by atoms with Gasteiger partial charge in [0.05, 0.1) is 10.6 Å². The summed E-state index contributed by atoms with van der Waals surface area (Å²) in [6, 6.07) is 14.8. The van der Waals surface area contributed by atoms with Gasteiger partial charge in [0.25, 0.3) is 0 Å². The predicted octanol–water partition coefficient (Wildman–Crippen LogP) is 15.6. The zero-order valence-electron chi connectivity index (χ0n) is 44.7. The van der Waals surface area contributed by atoms with Crippen LogP contribution in [0.3, 0.4) is 0 Å². The maximum absolute atomic E-state index is 15.5. The molecular formula is C58H87OP3. The Kier molecular flexibility index (Phi) is 14.1. The molecule has 3 aromatic rings. The molecule has 0 spiro atoms. The molecule has 1 aliphatic rings. The van der Waals surface area contributed by atoms with Crippen LogP contribution < -0.4 is 15.9 Å². The number of hydrogen-bond acceptors (Lipinski definition) is 1. The SMILES string of the molecule is CC(C)(C)c1cc(C(C)(C)C)c(P=C2C(=O)C(=Pc3c(C(C)(C)C)cc(C(C)(C)C)cc3C(C)(C)C)C2=Pc2c(C(C)(C)C)cc(C(C)(C)C)cc2C(C)(C)C)c(C(C)(C)C)c1. The molecule has 1 saturated carbocycles. The highest BCUT2D eigenvalue weighted by molar-refractivity contribution is 7.77. The number of carbonyl (C=O) groups is 1. The van der Waals surface area contributed by atoms with Crippen molar-refractivity contribution in [3.05, 3.63) is 86.5 Å². The van der Waals surface area contributed by atoms with Gasteiger partial charge in [0, 0.05) is 21.2 Å². The van der Waals surface area contributed by atoms with Crippen LogP contribution >= 0.6 is 24.6 Å². The first-order valence-corrected chi connectivity index (χ1v) is 25.9. The largest absolute Gasteiger partial charge is 0.288 e. The van der Waals surface area contributed by atoms with E-state index in [0.717, 1.165) is 35.2 Å². The van der Waals surface area contributed by atoms with Crippen molar-refractivity contribution in [2.24, 2.45) is 0 Å². The van der Waals surface area contributed by atoms with Crippen molar-refractivity contribution in [3.63, 3.8) is 0 Å². The summed E-state index contributed by atoms with van der Waals surface area (Å²) in [6.07, 6.45) is 0. The van der Waals surface area contributed by atoms with Crippen molar-refractivity contribution < 1.29 is 4.79 Å². The minimum absolute atomic E-state index is 0.00132. The van der Waals surface area contributed by atoms with E-state index in [1.165, 1.54) is 71.3 Å². The lowest BCUT2D eigenvalue weighted by Crippen LogP contribution is -2.49. The smallest absolute Gasteiger partial charge is 0.204 e. The molecule has 0 radical (unpaired) electrons. The molecule has 0 saturated heterocycles. The minimum Gasteiger partial charge on any atom is -0.288 e. The number of rotatable bonds is 3. The van der Waals surface area contributed by atoms with E-state index >= 15 is 4.79 Å². The Morgan fingerprint density at radius 1 is 0.258 bits per heavy atom. The van der Waals surface area contributed by atoms with Gasteiger partial charge in [-0.2, -0.15) is 0 Å². The van der Waals surface area contributed by atoms with Gasteiger partial charge < -0.3 is 0 Å². The van der Waals surface area contributed by atoms with Crippen LogP contribution in [0.2, 0.25) is 0 Å². The van der Waals surface area contributed by atoms with Gasteiger partial charge in [0.2, 0.25) is 5.78 Å². The molecule has 0 aromatic heterocycles. The van der Waals surface area contributed by atoms with Crippen LogP contribution in [0.4, 0.5) is 0 Å². The fourth-order valence-corrected chi connectivity index (χ4v) is 13.9. The zero-order chi connectivity index (χ0) is 48.1. The van der Waals surface area contributed by atoms with Crippen molar-refractivity contribution in [3.8, 4) is 0 Å². The highest BCUT2D eigenvalue weighted by Crippen LogP contribution is 2.41. The summed E-state index contributed by atoms with van der Waals surface area (Å²) in [6.45, 7) is 63.3. The quantitative estimate of drug-likeness (QED) is 0.240. The van der Waals surface area contributed by atoms with Crippen LogP contribution in [0.25, 0.3) is 0 Å². The first-order chi connectivity index (χ1) is 27.4. The molecule has 1 aliphatic carbocycles. The van der Waals surface area contributed by atoms with Crippen molar-refractivity contribution >= 4 is 62.2 Å². The van der Waals surface area contributed by atoms with Gasteiger partial charge in [-0.15, -0.1) is 0 Å². The van der Waals surface area contributed by atoms with Crippen LogP contribution in [0, 0.1) is 0 Å². The van der Waals surface area contributed by atoms with Gasteiger partial charge in [-0.25, -0.2) is 0 Å². The van der Waals surface area contributed by atoms with E-state index in [0.29, 0.717) is 0 Å². The molecule has 340 valence electrons. The lowest BCUT2D eigenvalue weighted by Gasteiger charge is -2.35. The van der Waals surface area contributed by atoms with Gasteiger partial charge in [-0.1, -0.05) is 248 Å². The van der Waals surface area contributed by atoms with Crippen molar-refractivity contribution in [2.75, 3.05) is 0 Å². The summed E-state index contributed by atoms with van der Waals surface area (Å²) < 4.78 is 0. The summed E-state index contributed by atoms with van der Waals surface area (Å²) in [5, 5.41) is 7.13. The Labute approximate surface area is 387 Å². The van der Waals surface area contributed by atoms with Crippen LogP contribution in [0.5, 0.6) is 0 Å². The molecule has 62 heavy (non-hydrogen) atoms. The Hall–Kier alpha value is -2.16. The summed E-state index contributed by atoms with van der Waals surface area (Å²) >= 11 is 0. The third-order valence-electron chi connectivity index (χ3n) is 12.3. The Bertz CT molecular complexity index is 2110. The second-order valence-corrected chi connectivity index (χ2v) is 31.1. The summed E-state index contributed by atoms with van der Waals surface area (Å²) in [5.74, 6) is 0.232. The molecule has 1 fully saturated rings. The van der Waals surface area contributed by atoms with Crippen LogP contribution in [-0.2, 0) is 53.5 Å². The number of hydrogen-bond donors (Lipinski definition) is 0. The fourth-order valence-electron chi connectivity index (χ4n) is 8.02. The topological polar surface area (TPSA) is 17.1 Å². The van der Waals surface area contributed by atoms with Crippen LogP contribution in [-0.4, -0.2) is 21.7 Å². The minimum atomic E-state index is -0.112. The van der Waals surface area contributed by atoms with Gasteiger partial charge in [0.15, 0.2) is 0 Å². The van der Waals surface area contributed by atoms with E-state index in [4.69, 9.17) is 0 Å². The molecular weight excluding hydrogens is 806 g/mol. The molecule has 4 rings (SSSR count). The monoisotopic (exact) mass is 893 g/mol. The van der Waals surface area contributed by atoms with Crippen molar-refractivity contribution in [2.45, 2.75) is 236 Å². The second kappa shape index (κ2) is 16.6. The highest BCUT2D eigenvalue weighted by Gasteiger charge is 2.41. The third kappa shape index (κ3) is 11.4. The summed E-state index contributed by atoms with van der Waals surface area (Å²) in [4.78, 5) is 15.5. The molecule has 0 aliphatic heterocycles. The molecule has 3 aromatic carbocycles. The van der Waals surface area contributed by atoms with E-state index in [-0.39, 0.29) is 54.5 Å². The standard InChI is InChI=1S/C58H87OP3/c1-50(2,3)34-28-37(53(10,11)12)44(38(29-34)54(13,14)15)60-47-43(59)48(61-45-39(55(16,17)18)30-35(51(4,5)6)31-40(45)56(19,20)21)49(47)62-46-41(57(22,23)24)32-36(52(7,8)9)33-42(46)58(25,26)27/h28-33H,1-27H3. The number of Topliss-reactive ketones (excluding diaryl/α,β-unsaturated/α-hetero) is 1. The van der Waals surface area contributed by atoms with Gasteiger partial charge >= 0.3 is 0 Å².